The first-order valence-electron chi connectivity index (χ1n) is 8.01. The van der Waals surface area contributed by atoms with Crippen LogP contribution < -0.4 is 0 Å². The second kappa shape index (κ2) is 6.36. The molecule has 0 saturated carbocycles. The van der Waals surface area contributed by atoms with Crippen LogP contribution in [0.25, 0.3) is 17.0 Å². The fraction of sp³-hybridized carbons (Fsp3) is 0.190. The van der Waals surface area contributed by atoms with Gasteiger partial charge in [0.2, 0.25) is 0 Å². The number of fused-ring (bicyclic) bond motifs is 1. The molecular formula is C21H21NO2. The molecule has 0 aliphatic carbocycles. The second-order valence-corrected chi connectivity index (χ2v) is 6.26. The van der Waals surface area contributed by atoms with E-state index >= 15 is 0 Å². The molecule has 0 fully saturated rings. The monoisotopic (exact) mass is 319 g/mol. The molecule has 0 aliphatic heterocycles. The Morgan fingerprint density at radius 3 is 2.50 bits per heavy atom. The second-order valence-electron chi connectivity index (χ2n) is 6.26. The molecule has 3 heteroatoms. The fourth-order valence-corrected chi connectivity index (χ4v) is 3.01. The number of aromatic nitrogens is 1. The van der Waals surface area contributed by atoms with Crippen LogP contribution >= 0.6 is 0 Å². The van der Waals surface area contributed by atoms with Crippen molar-refractivity contribution in [1.29, 1.82) is 0 Å². The maximum absolute atomic E-state index is 11.0. The van der Waals surface area contributed by atoms with Crippen LogP contribution in [0.2, 0.25) is 0 Å². The molecule has 0 amide bonds. The quantitative estimate of drug-likeness (QED) is 0.702. The largest absolute Gasteiger partial charge is 0.478 e. The first-order valence-corrected chi connectivity index (χ1v) is 8.01. The summed E-state index contributed by atoms with van der Waals surface area (Å²) in [6, 6.07) is 14.5. The number of hydrogen-bond donors (Lipinski definition) is 1. The molecule has 1 N–H and O–H groups in total. The van der Waals surface area contributed by atoms with Crippen molar-refractivity contribution in [3.05, 3.63) is 76.5 Å². The van der Waals surface area contributed by atoms with E-state index in [9.17, 15) is 4.79 Å². The number of benzene rings is 2. The summed E-state index contributed by atoms with van der Waals surface area (Å²) in [5.41, 5.74) is 6.26. The number of hydrogen-bond acceptors (Lipinski definition) is 1. The van der Waals surface area contributed by atoms with Gasteiger partial charge in [0.25, 0.3) is 0 Å². The van der Waals surface area contributed by atoms with Gasteiger partial charge in [0.05, 0.1) is 0 Å². The van der Waals surface area contributed by atoms with E-state index in [4.69, 9.17) is 5.11 Å². The minimum Gasteiger partial charge on any atom is -0.478 e. The van der Waals surface area contributed by atoms with Gasteiger partial charge in [-0.3, -0.25) is 0 Å². The molecular weight excluding hydrogens is 298 g/mol. The number of nitrogens with zero attached hydrogens (tertiary/aromatic N) is 1. The zero-order chi connectivity index (χ0) is 17.3. The van der Waals surface area contributed by atoms with E-state index in [1.807, 2.05) is 12.1 Å². The molecule has 122 valence electrons. The van der Waals surface area contributed by atoms with Crippen molar-refractivity contribution >= 4 is 22.9 Å². The molecule has 3 rings (SSSR count). The van der Waals surface area contributed by atoms with E-state index in [-0.39, 0.29) is 0 Å². The lowest BCUT2D eigenvalue weighted by Crippen LogP contribution is -2.02. The van der Waals surface area contributed by atoms with Gasteiger partial charge in [-0.05, 0) is 66.6 Å². The topological polar surface area (TPSA) is 42.2 Å². The normalized spacial score (nSPS) is 11.9. The molecule has 1 heterocycles. The van der Waals surface area contributed by atoms with E-state index in [1.54, 1.807) is 13.0 Å². The highest BCUT2D eigenvalue weighted by Crippen LogP contribution is 2.22. The Hall–Kier alpha value is -2.81. The summed E-state index contributed by atoms with van der Waals surface area (Å²) < 4.78 is 2.22. The van der Waals surface area contributed by atoms with E-state index in [0.717, 1.165) is 23.0 Å². The zero-order valence-electron chi connectivity index (χ0n) is 14.2. The number of rotatable bonds is 4. The van der Waals surface area contributed by atoms with Crippen LogP contribution in [-0.2, 0) is 11.3 Å². The summed E-state index contributed by atoms with van der Waals surface area (Å²) in [4.78, 5) is 11.0. The Morgan fingerprint density at radius 2 is 1.83 bits per heavy atom. The van der Waals surface area contributed by atoms with Gasteiger partial charge in [-0.15, -0.1) is 0 Å². The van der Waals surface area contributed by atoms with Gasteiger partial charge in [0, 0.05) is 23.8 Å². The summed E-state index contributed by atoms with van der Waals surface area (Å²) in [6.45, 7) is 6.70. The van der Waals surface area contributed by atoms with Gasteiger partial charge in [0.15, 0.2) is 0 Å². The van der Waals surface area contributed by atoms with Crippen molar-refractivity contribution in [2.24, 2.45) is 0 Å². The lowest BCUT2D eigenvalue weighted by atomic mass is 10.0. The Bertz CT molecular complexity index is 927. The maximum atomic E-state index is 11.0. The first kappa shape index (κ1) is 16.1. The van der Waals surface area contributed by atoms with Crippen molar-refractivity contribution in [3.8, 4) is 0 Å². The number of carbonyl (C=O) groups is 1. The lowest BCUT2D eigenvalue weighted by Gasteiger charge is -2.12. The van der Waals surface area contributed by atoms with Crippen LogP contribution in [0.5, 0.6) is 0 Å². The van der Waals surface area contributed by atoms with E-state index in [0.29, 0.717) is 5.57 Å². The third-order valence-electron chi connectivity index (χ3n) is 4.49. The van der Waals surface area contributed by atoms with Crippen molar-refractivity contribution in [3.63, 3.8) is 0 Å². The van der Waals surface area contributed by atoms with Crippen LogP contribution in [0.3, 0.4) is 0 Å². The van der Waals surface area contributed by atoms with Crippen molar-refractivity contribution < 1.29 is 9.90 Å². The van der Waals surface area contributed by atoms with Crippen molar-refractivity contribution in [2.45, 2.75) is 27.3 Å². The molecule has 0 unspecified atom stereocenters. The SMILES string of the molecule is CC(=Cc1ccc2ccn(Cc3c(C)cccc3C)c2c1)C(=O)O. The van der Waals surface area contributed by atoms with Crippen molar-refractivity contribution in [2.75, 3.05) is 0 Å². The predicted octanol–water partition coefficient (Wildman–Crippen LogP) is 4.79. The third kappa shape index (κ3) is 3.11. The predicted molar refractivity (Wildman–Crippen MR) is 98.2 cm³/mol. The van der Waals surface area contributed by atoms with Gasteiger partial charge in [0.1, 0.15) is 0 Å². The summed E-state index contributed by atoms with van der Waals surface area (Å²) in [6.07, 6.45) is 3.80. The first-order chi connectivity index (χ1) is 11.5. The minimum atomic E-state index is -0.888. The molecule has 0 atom stereocenters. The van der Waals surface area contributed by atoms with Crippen LogP contribution in [0, 0.1) is 13.8 Å². The summed E-state index contributed by atoms with van der Waals surface area (Å²) in [5.74, 6) is -0.888. The molecule has 0 bridgehead atoms. The molecule has 3 nitrogen and oxygen atoms in total. The van der Waals surface area contributed by atoms with Crippen LogP contribution in [0.1, 0.15) is 29.2 Å². The molecule has 1 aromatic heterocycles. The molecule has 0 radical (unpaired) electrons. The smallest absolute Gasteiger partial charge is 0.331 e. The van der Waals surface area contributed by atoms with Gasteiger partial charge >= 0.3 is 5.97 Å². The van der Waals surface area contributed by atoms with Crippen LogP contribution in [0.4, 0.5) is 0 Å². The zero-order valence-corrected chi connectivity index (χ0v) is 14.2. The van der Waals surface area contributed by atoms with Gasteiger partial charge in [-0.1, -0.05) is 30.3 Å². The highest BCUT2D eigenvalue weighted by Gasteiger charge is 2.07. The molecule has 3 aromatic rings. The summed E-state index contributed by atoms with van der Waals surface area (Å²) in [5, 5.41) is 10.2. The number of aryl methyl sites for hydroxylation is 2. The third-order valence-corrected chi connectivity index (χ3v) is 4.49. The maximum Gasteiger partial charge on any atom is 0.331 e. The van der Waals surface area contributed by atoms with Crippen LogP contribution in [0.15, 0.2) is 54.2 Å². The van der Waals surface area contributed by atoms with Crippen molar-refractivity contribution in [1.82, 2.24) is 4.57 Å². The summed E-state index contributed by atoms with van der Waals surface area (Å²) >= 11 is 0. The average Bonchev–Trinajstić information content (AvgIpc) is 2.93. The molecule has 0 spiro atoms. The standard InChI is InChI=1S/C21H21NO2/c1-14-5-4-6-15(2)19(14)13-22-10-9-18-8-7-17(12-20(18)22)11-16(3)21(23)24/h4-12H,13H2,1-3H3,(H,23,24). The van der Waals surface area contributed by atoms with Gasteiger partial charge in [-0.25, -0.2) is 4.79 Å². The van der Waals surface area contributed by atoms with Gasteiger partial charge in [-0.2, -0.15) is 0 Å². The Labute approximate surface area is 141 Å². The fourth-order valence-electron chi connectivity index (χ4n) is 3.01. The van der Waals surface area contributed by atoms with Gasteiger partial charge < -0.3 is 9.67 Å². The number of carboxylic acids is 1. The molecule has 0 saturated heterocycles. The Balaban J connectivity index is 2.03. The number of carboxylic acid groups (broad SMARTS) is 1. The average molecular weight is 319 g/mol. The Kier molecular flexibility index (Phi) is 4.26. The van der Waals surface area contributed by atoms with E-state index < -0.39 is 5.97 Å². The van der Waals surface area contributed by atoms with E-state index in [1.165, 1.54) is 16.7 Å². The molecule has 0 aliphatic rings. The molecule has 24 heavy (non-hydrogen) atoms. The lowest BCUT2D eigenvalue weighted by molar-refractivity contribution is -0.132. The Morgan fingerprint density at radius 1 is 1.12 bits per heavy atom. The highest BCUT2D eigenvalue weighted by molar-refractivity contribution is 5.92. The minimum absolute atomic E-state index is 0.335. The molecule has 2 aromatic carbocycles. The van der Waals surface area contributed by atoms with E-state index in [2.05, 4.69) is 54.9 Å². The van der Waals surface area contributed by atoms with Crippen LogP contribution in [-0.4, -0.2) is 15.6 Å². The summed E-state index contributed by atoms with van der Waals surface area (Å²) in [7, 11) is 0. The number of aliphatic carboxylic acids is 1. The highest BCUT2D eigenvalue weighted by atomic mass is 16.4.